The molecule has 0 aliphatic carbocycles. The molecule has 3 N–H and O–H groups in total. The molecule has 1 aliphatic heterocycles. The van der Waals surface area contributed by atoms with Crippen LogP contribution in [0.15, 0.2) is 48.7 Å². The van der Waals surface area contributed by atoms with E-state index in [1.807, 2.05) is 17.0 Å². The van der Waals surface area contributed by atoms with Crippen LogP contribution in [-0.2, 0) is 0 Å². The second-order valence-electron chi connectivity index (χ2n) is 8.62. The van der Waals surface area contributed by atoms with Crippen LogP contribution in [0.3, 0.4) is 0 Å². The van der Waals surface area contributed by atoms with Crippen molar-refractivity contribution < 1.29 is 19.0 Å². The van der Waals surface area contributed by atoms with Crippen molar-refractivity contribution in [2.24, 2.45) is 5.92 Å². The van der Waals surface area contributed by atoms with Crippen molar-refractivity contribution in [2.75, 3.05) is 25.4 Å². The highest BCUT2D eigenvalue weighted by Crippen LogP contribution is 2.37. The minimum atomic E-state index is -0.681. The number of piperidine rings is 1. The van der Waals surface area contributed by atoms with Gasteiger partial charge in [0.15, 0.2) is 11.6 Å². The number of carbonyl (C=O) groups is 1. The van der Waals surface area contributed by atoms with E-state index in [1.165, 1.54) is 12.1 Å². The van der Waals surface area contributed by atoms with E-state index in [2.05, 4.69) is 4.98 Å². The second-order valence-corrected chi connectivity index (χ2v) is 9.40. The summed E-state index contributed by atoms with van der Waals surface area (Å²) in [7, 11) is 0. The molecule has 6 nitrogen and oxygen atoms in total. The third-order valence-electron chi connectivity index (χ3n) is 6.30. The summed E-state index contributed by atoms with van der Waals surface area (Å²) in [5, 5.41) is 9.48. The first-order valence-corrected chi connectivity index (χ1v) is 12.1. The molecule has 0 radical (unpaired) electrons. The van der Waals surface area contributed by atoms with Gasteiger partial charge in [-0.15, -0.1) is 0 Å². The van der Waals surface area contributed by atoms with Crippen molar-refractivity contribution in [3.8, 4) is 16.9 Å². The van der Waals surface area contributed by atoms with Gasteiger partial charge < -0.3 is 20.5 Å². The first-order chi connectivity index (χ1) is 16.8. The first-order valence-electron chi connectivity index (χ1n) is 11.3. The van der Waals surface area contributed by atoms with Gasteiger partial charge in [-0.05, 0) is 61.6 Å². The zero-order valence-electron chi connectivity index (χ0n) is 19.2. The molecule has 1 fully saturated rings. The fourth-order valence-electron chi connectivity index (χ4n) is 4.18. The Morgan fingerprint density at radius 3 is 2.54 bits per heavy atom. The zero-order valence-corrected chi connectivity index (χ0v) is 20.7. The van der Waals surface area contributed by atoms with Crippen LogP contribution in [0.5, 0.6) is 5.75 Å². The van der Waals surface area contributed by atoms with Crippen LogP contribution in [0.25, 0.3) is 11.1 Å². The van der Waals surface area contributed by atoms with Gasteiger partial charge in [-0.2, -0.15) is 0 Å². The molecule has 1 unspecified atom stereocenters. The maximum atomic E-state index is 13.9. The molecule has 4 rings (SSSR count). The van der Waals surface area contributed by atoms with Crippen LogP contribution in [0.1, 0.15) is 41.8 Å². The average molecular weight is 518 g/mol. The van der Waals surface area contributed by atoms with E-state index in [0.717, 1.165) is 24.0 Å². The van der Waals surface area contributed by atoms with Gasteiger partial charge in [-0.25, -0.2) is 9.37 Å². The Labute approximate surface area is 213 Å². The number of aliphatic hydroxyl groups is 1. The van der Waals surface area contributed by atoms with Crippen molar-refractivity contribution in [1.82, 2.24) is 9.88 Å². The molecular formula is C26H26Cl2FN3O3. The summed E-state index contributed by atoms with van der Waals surface area (Å²) in [5.74, 6) is 0.131. The molecule has 1 aromatic heterocycles. The normalized spacial score (nSPS) is 15.2. The lowest BCUT2D eigenvalue weighted by Crippen LogP contribution is -2.39. The van der Waals surface area contributed by atoms with E-state index in [9.17, 15) is 14.3 Å². The van der Waals surface area contributed by atoms with Gasteiger partial charge >= 0.3 is 0 Å². The Morgan fingerprint density at radius 2 is 1.89 bits per heavy atom. The molecule has 2 aromatic carbocycles. The lowest BCUT2D eigenvalue weighted by molar-refractivity contribution is 0.0651. The monoisotopic (exact) mass is 517 g/mol. The molecule has 0 spiro atoms. The zero-order chi connectivity index (χ0) is 25.1. The van der Waals surface area contributed by atoms with Crippen LogP contribution >= 0.6 is 23.2 Å². The number of aliphatic hydroxyl groups excluding tert-OH is 1. The molecule has 1 amide bonds. The minimum Gasteiger partial charge on any atom is -0.482 e. The Morgan fingerprint density at radius 1 is 1.20 bits per heavy atom. The van der Waals surface area contributed by atoms with Crippen LogP contribution in [0.2, 0.25) is 10.0 Å². The van der Waals surface area contributed by atoms with Gasteiger partial charge in [0, 0.05) is 47.6 Å². The number of carbonyl (C=O) groups excluding carboxylic acids is 1. The summed E-state index contributed by atoms with van der Waals surface area (Å²) in [5.41, 5.74) is 8.51. The van der Waals surface area contributed by atoms with E-state index in [0.29, 0.717) is 30.0 Å². The third kappa shape index (κ3) is 5.53. The molecule has 1 atom stereocenters. The molecule has 35 heavy (non-hydrogen) atoms. The van der Waals surface area contributed by atoms with Crippen molar-refractivity contribution in [1.29, 1.82) is 0 Å². The fraction of sp³-hybridized carbons (Fsp3) is 0.308. The van der Waals surface area contributed by atoms with Crippen LogP contribution < -0.4 is 10.5 Å². The van der Waals surface area contributed by atoms with Crippen LogP contribution in [0, 0.1) is 11.7 Å². The number of likely N-dealkylation sites (tertiary alicyclic amines) is 1. The Balaban J connectivity index is 1.51. The molecule has 1 aliphatic rings. The highest BCUT2D eigenvalue weighted by atomic mass is 35.5. The molecular weight excluding hydrogens is 492 g/mol. The number of nitrogens with two attached hydrogens (primary N) is 1. The molecule has 0 saturated carbocycles. The number of nitrogen functional groups attached to an aromatic ring is 1. The summed E-state index contributed by atoms with van der Waals surface area (Å²) in [6, 6.07) is 11.6. The van der Waals surface area contributed by atoms with E-state index in [1.54, 1.807) is 31.3 Å². The number of nitrogens with zero attached hydrogens (tertiary/aromatic N) is 2. The molecule has 1 saturated heterocycles. The molecule has 2 heterocycles. The van der Waals surface area contributed by atoms with Gasteiger partial charge in [-0.1, -0.05) is 35.3 Å². The maximum Gasteiger partial charge on any atom is 0.253 e. The minimum absolute atomic E-state index is 0.0231. The second kappa shape index (κ2) is 10.8. The number of rotatable bonds is 6. The van der Waals surface area contributed by atoms with E-state index < -0.39 is 11.9 Å². The summed E-state index contributed by atoms with van der Waals surface area (Å²) < 4.78 is 19.9. The molecule has 0 bridgehead atoms. The number of anilines is 1. The van der Waals surface area contributed by atoms with E-state index in [4.69, 9.17) is 33.7 Å². The predicted octanol–water partition coefficient (Wildman–Crippen LogP) is 5.76. The van der Waals surface area contributed by atoms with Crippen molar-refractivity contribution in [2.45, 2.75) is 25.9 Å². The number of hydrogen-bond donors (Lipinski definition) is 2. The number of benzene rings is 2. The smallest absolute Gasteiger partial charge is 0.253 e. The number of amides is 1. The number of hydrogen-bond acceptors (Lipinski definition) is 5. The topological polar surface area (TPSA) is 88.7 Å². The Kier molecular flexibility index (Phi) is 7.79. The van der Waals surface area contributed by atoms with Gasteiger partial charge in [0.05, 0.1) is 5.02 Å². The van der Waals surface area contributed by atoms with Gasteiger partial charge in [0.1, 0.15) is 11.9 Å². The molecule has 184 valence electrons. The number of pyridine rings is 1. The summed E-state index contributed by atoms with van der Waals surface area (Å²) in [6.45, 7) is 3.15. The lowest BCUT2D eigenvalue weighted by Gasteiger charge is -2.31. The molecule has 9 heteroatoms. The van der Waals surface area contributed by atoms with Crippen molar-refractivity contribution in [3.05, 3.63) is 75.7 Å². The van der Waals surface area contributed by atoms with E-state index >= 15 is 0 Å². The quantitative estimate of drug-likeness (QED) is 0.405. The number of ether oxygens (including phenoxy) is 1. The summed E-state index contributed by atoms with van der Waals surface area (Å²) in [6.07, 6.45) is 2.56. The number of halogens is 3. The fourth-order valence-corrected chi connectivity index (χ4v) is 4.86. The first kappa shape index (κ1) is 25.2. The summed E-state index contributed by atoms with van der Waals surface area (Å²) >= 11 is 12.3. The van der Waals surface area contributed by atoms with E-state index in [-0.39, 0.29) is 34.3 Å². The third-order valence-corrected chi connectivity index (χ3v) is 7.01. The average Bonchev–Trinajstić information content (AvgIpc) is 2.87. The van der Waals surface area contributed by atoms with Gasteiger partial charge in [0.25, 0.3) is 5.91 Å². The van der Waals surface area contributed by atoms with Gasteiger partial charge in [-0.3, -0.25) is 4.79 Å². The van der Waals surface area contributed by atoms with Crippen LogP contribution in [0.4, 0.5) is 10.2 Å². The standard InChI is InChI=1S/C26H26Cl2FN3O3/c1-15(23-20(27)6-7-21(29)24(23)28)35-22-12-19(13-31-25(22)30)17-2-4-18(5-3-17)26(34)32-10-8-16(14-33)9-11-32/h2-7,12-13,15-16,33H,8-11,14H2,1H3,(H2,30,31). The molecule has 3 aromatic rings. The Hall–Kier alpha value is -2.87. The highest BCUT2D eigenvalue weighted by molar-refractivity contribution is 6.36. The predicted molar refractivity (Wildman–Crippen MR) is 135 cm³/mol. The summed E-state index contributed by atoms with van der Waals surface area (Å²) in [4.78, 5) is 18.9. The van der Waals surface area contributed by atoms with Crippen molar-refractivity contribution >= 4 is 34.9 Å². The van der Waals surface area contributed by atoms with Gasteiger partial charge in [0.2, 0.25) is 0 Å². The largest absolute Gasteiger partial charge is 0.482 e. The van der Waals surface area contributed by atoms with Crippen LogP contribution in [-0.4, -0.2) is 40.6 Å². The highest BCUT2D eigenvalue weighted by Gasteiger charge is 2.23. The van der Waals surface area contributed by atoms with Crippen molar-refractivity contribution in [3.63, 3.8) is 0 Å². The number of aromatic nitrogens is 1. The SMILES string of the molecule is CC(Oc1cc(-c2ccc(C(=O)N3CCC(CO)CC3)cc2)cnc1N)c1c(Cl)ccc(F)c1Cl. The lowest BCUT2D eigenvalue weighted by atomic mass is 9.97. The maximum absolute atomic E-state index is 13.9. The Bertz CT molecular complexity index is 1220.